The maximum Gasteiger partial charge on any atom is 0.234 e. The molecule has 9 heteroatoms. The van der Waals surface area contributed by atoms with E-state index in [2.05, 4.69) is 31.4 Å². The lowest BCUT2D eigenvalue weighted by molar-refractivity contribution is -0.113. The second-order valence-corrected chi connectivity index (χ2v) is 7.38. The fraction of sp³-hybridized carbons (Fsp3) is 0.167. The van der Waals surface area contributed by atoms with Gasteiger partial charge in [-0.15, -0.1) is 10.2 Å². The first-order valence-electron chi connectivity index (χ1n) is 7.90. The summed E-state index contributed by atoms with van der Waals surface area (Å²) < 4.78 is 21.6. The van der Waals surface area contributed by atoms with Crippen LogP contribution in [0.5, 0.6) is 5.75 Å². The molecule has 0 aliphatic carbocycles. The molecule has 6 nitrogen and oxygen atoms in total. The van der Waals surface area contributed by atoms with Crippen LogP contribution in [0.2, 0.25) is 0 Å². The highest BCUT2D eigenvalue weighted by Crippen LogP contribution is 2.30. The van der Waals surface area contributed by atoms with Crippen molar-refractivity contribution < 1.29 is 13.9 Å². The van der Waals surface area contributed by atoms with Gasteiger partial charge in [0.15, 0.2) is 11.0 Å². The van der Waals surface area contributed by atoms with Gasteiger partial charge < -0.3 is 14.6 Å². The maximum absolute atomic E-state index is 13.8. The summed E-state index contributed by atoms with van der Waals surface area (Å²) in [6.07, 6.45) is 0. The van der Waals surface area contributed by atoms with E-state index in [-0.39, 0.29) is 17.3 Å². The molecule has 140 valence electrons. The summed E-state index contributed by atoms with van der Waals surface area (Å²) in [5, 5.41) is 11.5. The number of halogens is 2. The number of aromatic nitrogens is 3. The van der Waals surface area contributed by atoms with Crippen molar-refractivity contribution in [1.29, 1.82) is 0 Å². The molecule has 1 heterocycles. The highest BCUT2D eigenvalue weighted by molar-refractivity contribution is 9.10. The van der Waals surface area contributed by atoms with Crippen molar-refractivity contribution in [2.45, 2.75) is 5.16 Å². The summed E-state index contributed by atoms with van der Waals surface area (Å²) in [4.78, 5) is 12.1. The predicted molar refractivity (Wildman–Crippen MR) is 106 cm³/mol. The van der Waals surface area contributed by atoms with Gasteiger partial charge in [-0.05, 0) is 30.3 Å². The Morgan fingerprint density at radius 2 is 2.07 bits per heavy atom. The van der Waals surface area contributed by atoms with Crippen LogP contribution in [0.25, 0.3) is 11.4 Å². The monoisotopic (exact) mass is 450 g/mol. The Kier molecular flexibility index (Phi) is 6.12. The van der Waals surface area contributed by atoms with Crippen LogP contribution in [0.3, 0.4) is 0 Å². The standard InChI is InChI=1S/C18H16BrFN4O2S/c1-24-17(12-5-3-4-6-15(12)26-2)22-23-18(24)27-10-16(25)21-14-8-7-11(19)9-13(14)20/h3-9H,10H2,1-2H3,(H,21,25). The molecule has 0 saturated carbocycles. The molecule has 27 heavy (non-hydrogen) atoms. The number of methoxy groups -OCH3 is 1. The maximum atomic E-state index is 13.8. The smallest absolute Gasteiger partial charge is 0.234 e. The van der Waals surface area contributed by atoms with Gasteiger partial charge in [0.25, 0.3) is 0 Å². The normalized spacial score (nSPS) is 10.7. The van der Waals surface area contributed by atoms with E-state index in [9.17, 15) is 9.18 Å². The van der Waals surface area contributed by atoms with E-state index in [1.807, 2.05) is 31.3 Å². The SMILES string of the molecule is COc1ccccc1-c1nnc(SCC(=O)Nc2ccc(Br)cc2F)n1C. The van der Waals surface area contributed by atoms with Gasteiger partial charge in [0.05, 0.1) is 24.1 Å². The van der Waals surface area contributed by atoms with E-state index in [0.717, 1.165) is 5.56 Å². The molecular formula is C18H16BrFN4O2S. The lowest BCUT2D eigenvalue weighted by Crippen LogP contribution is -2.15. The second-order valence-electron chi connectivity index (χ2n) is 5.53. The van der Waals surface area contributed by atoms with Crippen molar-refractivity contribution in [1.82, 2.24) is 14.8 Å². The van der Waals surface area contributed by atoms with Crippen molar-refractivity contribution in [3.05, 3.63) is 52.8 Å². The minimum atomic E-state index is -0.500. The Balaban J connectivity index is 1.68. The first kappa shape index (κ1) is 19.4. The second kappa shape index (κ2) is 8.53. The summed E-state index contributed by atoms with van der Waals surface area (Å²) >= 11 is 4.40. The lowest BCUT2D eigenvalue weighted by atomic mass is 10.2. The predicted octanol–water partition coefficient (Wildman–Crippen LogP) is 4.12. The van der Waals surface area contributed by atoms with Crippen LogP contribution in [-0.2, 0) is 11.8 Å². The summed E-state index contributed by atoms with van der Waals surface area (Å²) in [6, 6.07) is 12.0. The molecule has 0 saturated heterocycles. The molecule has 0 atom stereocenters. The van der Waals surface area contributed by atoms with Gasteiger partial charge in [0, 0.05) is 11.5 Å². The van der Waals surface area contributed by atoms with Crippen molar-refractivity contribution in [3.8, 4) is 17.1 Å². The third-order valence-electron chi connectivity index (χ3n) is 3.72. The Morgan fingerprint density at radius 3 is 2.81 bits per heavy atom. The molecule has 1 aromatic heterocycles. The van der Waals surface area contributed by atoms with E-state index in [0.29, 0.717) is 21.2 Å². The molecule has 3 rings (SSSR count). The number of amides is 1. The number of para-hydroxylation sites is 1. The molecule has 1 N–H and O–H groups in total. The van der Waals surface area contributed by atoms with Crippen LogP contribution in [0, 0.1) is 5.82 Å². The number of ether oxygens (including phenoxy) is 1. The highest BCUT2D eigenvalue weighted by Gasteiger charge is 2.16. The molecule has 3 aromatic rings. The Hall–Kier alpha value is -2.39. The fourth-order valence-corrected chi connectivity index (χ4v) is 3.46. The van der Waals surface area contributed by atoms with Crippen molar-refractivity contribution in [2.24, 2.45) is 7.05 Å². The number of carbonyl (C=O) groups is 1. The molecule has 0 bridgehead atoms. The zero-order valence-electron chi connectivity index (χ0n) is 14.6. The topological polar surface area (TPSA) is 69.0 Å². The van der Waals surface area contributed by atoms with Gasteiger partial charge in [0.1, 0.15) is 11.6 Å². The van der Waals surface area contributed by atoms with Gasteiger partial charge in [-0.1, -0.05) is 39.8 Å². The summed E-state index contributed by atoms with van der Waals surface area (Å²) in [5.74, 6) is 0.568. The molecule has 1 amide bonds. The number of hydrogen-bond acceptors (Lipinski definition) is 5. The van der Waals surface area contributed by atoms with E-state index >= 15 is 0 Å². The minimum Gasteiger partial charge on any atom is -0.496 e. The van der Waals surface area contributed by atoms with Gasteiger partial charge in [-0.3, -0.25) is 4.79 Å². The molecule has 0 spiro atoms. The fourth-order valence-electron chi connectivity index (χ4n) is 2.41. The van der Waals surface area contributed by atoms with Crippen molar-refractivity contribution >= 4 is 39.3 Å². The summed E-state index contributed by atoms with van der Waals surface area (Å²) in [6.45, 7) is 0. The number of anilines is 1. The van der Waals surface area contributed by atoms with Crippen molar-refractivity contribution in [2.75, 3.05) is 18.2 Å². The number of hydrogen-bond donors (Lipinski definition) is 1. The van der Waals surface area contributed by atoms with Crippen LogP contribution in [0.1, 0.15) is 0 Å². The van der Waals surface area contributed by atoms with Crippen molar-refractivity contribution in [3.63, 3.8) is 0 Å². The minimum absolute atomic E-state index is 0.0768. The zero-order valence-corrected chi connectivity index (χ0v) is 17.0. The van der Waals surface area contributed by atoms with Crippen LogP contribution in [0.4, 0.5) is 10.1 Å². The molecule has 0 aliphatic rings. The van der Waals surface area contributed by atoms with E-state index in [1.165, 1.54) is 23.9 Å². The van der Waals surface area contributed by atoms with Crippen LogP contribution in [0.15, 0.2) is 52.1 Å². The Bertz CT molecular complexity index is 980. The molecule has 2 aromatic carbocycles. The summed E-state index contributed by atoms with van der Waals surface area (Å²) in [7, 11) is 3.41. The quantitative estimate of drug-likeness (QED) is 0.571. The van der Waals surface area contributed by atoms with Gasteiger partial charge in [-0.25, -0.2) is 4.39 Å². The van der Waals surface area contributed by atoms with E-state index < -0.39 is 5.82 Å². The number of nitrogens with one attached hydrogen (secondary N) is 1. The largest absolute Gasteiger partial charge is 0.496 e. The Labute approximate surface area is 168 Å². The Morgan fingerprint density at radius 1 is 1.30 bits per heavy atom. The third kappa shape index (κ3) is 4.48. The highest BCUT2D eigenvalue weighted by atomic mass is 79.9. The van der Waals surface area contributed by atoms with Crippen LogP contribution in [-0.4, -0.2) is 33.5 Å². The van der Waals surface area contributed by atoms with Gasteiger partial charge in [-0.2, -0.15) is 0 Å². The lowest BCUT2D eigenvalue weighted by Gasteiger charge is -2.08. The molecule has 0 radical (unpaired) electrons. The number of benzene rings is 2. The zero-order chi connectivity index (χ0) is 19.4. The molecular weight excluding hydrogens is 435 g/mol. The first-order valence-corrected chi connectivity index (χ1v) is 9.68. The van der Waals surface area contributed by atoms with Gasteiger partial charge >= 0.3 is 0 Å². The number of nitrogens with zero attached hydrogens (tertiary/aromatic N) is 3. The number of carbonyl (C=O) groups excluding carboxylic acids is 1. The molecule has 0 aliphatic heterocycles. The summed E-state index contributed by atoms with van der Waals surface area (Å²) in [5.41, 5.74) is 0.944. The third-order valence-corrected chi connectivity index (χ3v) is 5.23. The molecule has 0 fully saturated rings. The van der Waals surface area contributed by atoms with E-state index in [4.69, 9.17) is 4.74 Å². The van der Waals surface area contributed by atoms with Crippen LogP contribution >= 0.6 is 27.7 Å². The molecule has 0 unspecified atom stereocenters. The average molecular weight is 451 g/mol. The van der Waals surface area contributed by atoms with Crippen LogP contribution < -0.4 is 10.1 Å². The average Bonchev–Trinajstić information content (AvgIpc) is 3.02. The van der Waals surface area contributed by atoms with E-state index in [1.54, 1.807) is 17.7 Å². The first-order chi connectivity index (χ1) is 13.0. The van der Waals surface area contributed by atoms with Gasteiger partial charge in [0.2, 0.25) is 5.91 Å². The number of rotatable bonds is 6. The number of thioether (sulfide) groups is 1.